The first-order chi connectivity index (χ1) is 8.41. The number of amides is 1. The van der Waals surface area contributed by atoms with Crippen molar-refractivity contribution in [3.05, 3.63) is 24.3 Å². The summed E-state index contributed by atoms with van der Waals surface area (Å²) >= 11 is 0. The maximum Gasteiger partial charge on any atom is 0.251 e. The molecule has 1 rings (SSSR count). The first-order valence-electron chi connectivity index (χ1n) is 5.55. The number of nitrogens with one attached hydrogen (secondary N) is 1. The molecule has 0 saturated heterocycles. The zero-order valence-corrected chi connectivity index (χ0v) is 10.4. The van der Waals surface area contributed by atoms with Crippen LogP contribution >= 0.6 is 0 Å². The van der Waals surface area contributed by atoms with Crippen molar-refractivity contribution >= 4 is 17.3 Å². The van der Waals surface area contributed by atoms with Gasteiger partial charge in [-0.15, -0.1) is 0 Å². The van der Waals surface area contributed by atoms with Crippen LogP contribution < -0.4 is 11.1 Å². The molecule has 18 heavy (non-hydrogen) atoms. The van der Waals surface area contributed by atoms with Gasteiger partial charge in [-0.2, -0.15) is 0 Å². The minimum atomic E-state index is -2.47. The van der Waals surface area contributed by atoms with Gasteiger partial charge in [0.1, 0.15) is 0 Å². The number of rotatable bonds is 5. The highest BCUT2D eigenvalue weighted by molar-refractivity contribution is 5.96. The number of hydrogen-bond acceptors (Lipinski definition) is 3. The summed E-state index contributed by atoms with van der Waals surface area (Å²) in [5.74, 6) is -0.365. The Morgan fingerprint density at radius 1 is 1.44 bits per heavy atom. The summed E-state index contributed by atoms with van der Waals surface area (Å²) in [6.07, 6.45) is -2.47. The van der Waals surface area contributed by atoms with Crippen LogP contribution in [0.5, 0.6) is 0 Å². The quantitative estimate of drug-likeness (QED) is 0.791. The van der Waals surface area contributed by atoms with E-state index in [-0.39, 0.29) is 5.91 Å². The van der Waals surface area contributed by atoms with E-state index in [2.05, 4.69) is 5.32 Å². The highest BCUT2D eigenvalue weighted by atomic mass is 19.3. The Morgan fingerprint density at radius 3 is 2.61 bits per heavy atom. The Balaban J connectivity index is 2.63. The fraction of sp³-hybridized carbons (Fsp3) is 0.417. The predicted molar refractivity (Wildman–Crippen MR) is 67.6 cm³/mol. The number of carbonyl (C=O) groups is 1. The third kappa shape index (κ3) is 3.96. The lowest BCUT2D eigenvalue weighted by atomic mass is 10.2. The molecule has 1 aromatic carbocycles. The van der Waals surface area contributed by atoms with E-state index in [4.69, 9.17) is 5.73 Å². The molecule has 0 aliphatic carbocycles. The fourth-order valence-corrected chi connectivity index (χ4v) is 1.42. The summed E-state index contributed by atoms with van der Waals surface area (Å²) in [5, 5.41) is 2.61. The van der Waals surface area contributed by atoms with E-state index in [0.717, 1.165) is 0 Å². The van der Waals surface area contributed by atoms with Gasteiger partial charge in [-0.1, -0.05) is 12.1 Å². The Bertz CT molecular complexity index is 412. The second kappa shape index (κ2) is 6.30. The van der Waals surface area contributed by atoms with E-state index in [9.17, 15) is 13.6 Å². The minimum Gasteiger partial charge on any atom is -0.397 e. The van der Waals surface area contributed by atoms with Gasteiger partial charge >= 0.3 is 0 Å². The molecule has 0 aliphatic rings. The van der Waals surface area contributed by atoms with Crippen LogP contribution in [-0.2, 0) is 4.79 Å². The average molecular weight is 257 g/mol. The van der Waals surface area contributed by atoms with Crippen molar-refractivity contribution in [2.75, 3.05) is 24.6 Å². The van der Waals surface area contributed by atoms with E-state index < -0.39 is 19.0 Å². The van der Waals surface area contributed by atoms with Gasteiger partial charge < -0.3 is 11.1 Å². The lowest BCUT2D eigenvalue weighted by Gasteiger charge is -2.23. The molecule has 0 spiro atoms. The molecular weight excluding hydrogens is 240 g/mol. The third-order valence-corrected chi connectivity index (χ3v) is 2.69. The summed E-state index contributed by atoms with van der Waals surface area (Å²) in [5.41, 5.74) is 6.60. The number of nitrogens with zero attached hydrogens (tertiary/aromatic N) is 1. The average Bonchev–Trinajstić information content (AvgIpc) is 2.30. The third-order valence-electron chi connectivity index (χ3n) is 2.69. The molecule has 1 unspecified atom stereocenters. The molecular formula is C12H17F2N3O. The molecule has 0 radical (unpaired) electrons. The Kier molecular flexibility index (Phi) is 5.03. The maximum atomic E-state index is 12.2. The lowest BCUT2D eigenvalue weighted by Crippen LogP contribution is -2.41. The van der Waals surface area contributed by atoms with E-state index >= 15 is 0 Å². The molecule has 0 aromatic heterocycles. The Hall–Kier alpha value is -1.69. The predicted octanol–water partition coefficient (Wildman–Crippen LogP) is 1.79. The molecule has 0 bridgehead atoms. The standard InChI is InChI=1S/C12H17F2N3O/c1-8(17(2)7-11(13)14)12(18)16-10-6-4-3-5-9(10)15/h3-6,8,11H,7,15H2,1-2H3,(H,16,18). The summed E-state index contributed by atoms with van der Waals surface area (Å²) in [6, 6.07) is 6.14. The minimum absolute atomic E-state index is 0.365. The molecule has 0 aliphatic heterocycles. The van der Waals surface area contributed by atoms with Crippen LogP contribution in [-0.4, -0.2) is 36.9 Å². The van der Waals surface area contributed by atoms with Gasteiger partial charge in [-0.05, 0) is 26.1 Å². The van der Waals surface area contributed by atoms with Crippen LogP contribution in [0.25, 0.3) is 0 Å². The SMILES string of the molecule is CC(C(=O)Nc1ccccc1N)N(C)CC(F)F. The molecule has 0 saturated carbocycles. The number of alkyl halides is 2. The van der Waals surface area contributed by atoms with Crippen LogP contribution in [0, 0.1) is 0 Å². The molecule has 3 N–H and O–H groups in total. The number of carbonyl (C=O) groups excluding carboxylic acids is 1. The first-order valence-corrected chi connectivity index (χ1v) is 5.55. The summed E-state index contributed by atoms with van der Waals surface area (Å²) < 4.78 is 24.4. The number of halogens is 2. The summed E-state index contributed by atoms with van der Waals surface area (Å²) in [4.78, 5) is 13.1. The maximum absolute atomic E-state index is 12.2. The number of hydrogen-bond donors (Lipinski definition) is 2. The van der Waals surface area contributed by atoms with Crippen LogP contribution in [0.4, 0.5) is 20.2 Å². The lowest BCUT2D eigenvalue weighted by molar-refractivity contribution is -0.120. The van der Waals surface area contributed by atoms with Crippen molar-refractivity contribution in [3.8, 4) is 0 Å². The van der Waals surface area contributed by atoms with Crippen molar-refractivity contribution in [2.45, 2.75) is 19.4 Å². The van der Waals surface area contributed by atoms with Gasteiger partial charge in [0.2, 0.25) is 5.91 Å². The normalized spacial score (nSPS) is 12.8. The van der Waals surface area contributed by atoms with Crippen LogP contribution in [0.15, 0.2) is 24.3 Å². The van der Waals surface area contributed by atoms with Gasteiger partial charge in [0.15, 0.2) is 0 Å². The zero-order valence-electron chi connectivity index (χ0n) is 10.4. The van der Waals surface area contributed by atoms with Crippen molar-refractivity contribution < 1.29 is 13.6 Å². The van der Waals surface area contributed by atoms with Gasteiger partial charge in [-0.3, -0.25) is 9.69 Å². The highest BCUT2D eigenvalue weighted by Crippen LogP contribution is 2.17. The van der Waals surface area contributed by atoms with Crippen molar-refractivity contribution in [3.63, 3.8) is 0 Å². The molecule has 0 fully saturated rings. The fourth-order valence-electron chi connectivity index (χ4n) is 1.42. The second-order valence-electron chi connectivity index (χ2n) is 4.08. The van der Waals surface area contributed by atoms with Gasteiger partial charge in [0.25, 0.3) is 6.43 Å². The van der Waals surface area contributed by atoms with Crippen LogP contribution in [0.3, 0.4) is 0 Å². The number of benzene rings is 1. The molecule has 6 heteroatoms. The van der Waals surface area contributed by atoms with Crippen molar-refractivity contribution in [1.29, 1.82) is 0 Å². The van der Waals surface area contributed by atoms with Crippen molar-refractivity contribution in [2.24, 2.45) is 0 Å². The molecule has 100 valence electrons. The Morgan fingerprint density at radius 2 is 2.06 bits per heavy atom. The topological polar surface area (TPSA) is 58.4 Å². The van der Waals surface area contributed by atoms with Crippen molar-refractivity contribution in [1.82, 2.24) is 4.90 Å². The van der Waals surface area contributed by atoms with Crippen LogP contribution in [0.2, 0.25) is 0 Å². The van der Waals surface area contributed by atoms with Gasteiger partial charge in [-0.25, -0.2) is 8.78 Å². The number of para-hydroxylation sites is 2. The summed E-state index contributed by atoms with van der Waals surface area (Å²) in [7, 11) is 1.48. The molecule has 1 atom stereocenters. The largest absolute Gasteiger partial charge is 0.397 e. The number of nitrogen functional groups attached to an aromatic ring is 1. The van der Waals surface area contributed by atoms with E-state index in [1.165, 1.54) is 11.9 Å². The molecule has 1 aromatic rings. The zero-order chi connectivity index (χ0) is 13.7. The number of anilines is 2. The van der Waals surface area contributed by atoms with Crippen LogP contribution in [0.1, 0.15) is 6.92 Å². The molecule has 0 heterocycles. The smallest absolute Gasteiger partial charge is 0.251 e. The Labute approximate surface area is 105 Å². The van der Waals surface area contributed by atoms with E-state index in [1.54, 1.807) is 31.2 Å². The number of likely N-dealkylation sites (N-methyl/N-ethyl adjacent to an activating group) is 1. The van der Waals surface area contributed by atoms with Gasteiger partial charge in [0, 0.05) is 0 Å². The van der Waals surface area contributed by atoms with Gasteiger partial charge in [0.05, 0.1) is 24.0 Å². The summed E-state index contributed by atoms with van der Waals surface area (Å²) in [6.45, 7) is 1.12. The molecule has 4 nitrogen and oxygen atoms in total. The van der Waals surface area contributed by atoms with E-state index in [1.807, 2.05) is 0 Å². The second-order valence-corrected chi connectivity index (χ2v) is 4.08. The monoisotopic (exact) mass is 257 g/mol. The van der Waals surface area contributed by atoms with E-state index in [0.29, 0.717) is 11.4 Å². The highest BCUT2D eigenvalue weighted by Gasteiger charge is 2.21. The first kappa shape index (κ1) is 14.4. The number of nitrogens with two attached hydrogens (primary N) is 1. The molecule has 1 amide bonds.